The summed E-state index contributed by atoms with van der Waals surface area (Å²) < 4.78 is 1.98. The molecular weight excluding hydrogens is 242 g/mol. The third-order valence-corrected chi connectivity index (χ3v) is 4.33. The van der Waals surface area contributed by atoms with Crippen LogP contribution < -0.4 is 5.32 Å². The summed E-state index contributed by atoms with van der Waals surface area (Å²) in [5, 5.41) is 7.92. The van der Waals surface area contributed by atoms with E-state index < -0.39 is 0 Å². The molecule has 0 spiro atoms. The lowest BCUT2D eigenvalue weighted by Crippen LogP contribution is -2.20. The molecule has 2 aromatic heterocycles. The van der Waals surface area contributed by atoms with Crippen LogP contribution in [-0.2, 0) is 13.0 Å². The molecule has 0 amide bonds. The summed E-state index contributed by atoms with van der Waals surface area (Å²) in [5.74, 6) is 0. The van der Waals surface area contributed by atoms with Gasteiger partial charge in [-0.2, -0.15) is 5.10 Å². The summed E-state index contributed by atoms with van der Waals surface area (Å²) in [5.41, 5.74) is 1.25. The molecule has 0 fully saturated rings. The molecule has 0 bridgehead atoms. The van der Waals surface area contributed by atoms with Crippen LogP contribution in [0.1, 0.15) is 42.1 Å². The third kappa shape index (κ3) is 2.82. The highest BCUT2D eigenvalue weighted by molar-refractivity contribution is 7.12. The minimum absolute atomic E-state index is 0.278. The lowest BCUT2D eigenvalue weighted by Gasteiger charge is -2.14. The van der Waals surface area contributed by atoms with E-state index in [-0.39, 0.29) is 6.04 Å². The zero-order valence-electron chi connectivity index (χ0n) is 11.3. The van der Waals surface area contributed by atoms with Gasteiger partial charge in [-0.3, -0.25) is 4.68 Å². The smallest absolute Gasteiger partial charge is 0.0702 e. The average molecular weight is 263 g/mol. The van der Waals surface area contributed by atoms with Crippen molar-refractivity contribution in [2.45, 2.75) is 39.8 Å². The second-order valence-corrected chi connectivity index (χ2v) is 5.48. The summed E-state index contributed by atoms with van der Waals surface area (Å²) in [6, 6.07) is 4.75. The van der Waals surface area contributed by atoms with E-state index >= 15 is 0 Å². The van der Waals surface area contributed by atoms with Crippen LogP contribution in [0, 0.1) is 0 Å². The lowest BCUT2D eigenvalue weighted by molar-refractivity contribution is 0.632. The van der Waals surface area contributed by atoms with Crippen molar-refractivity contribution < 1.29 is 0 Å². The molecule has 0 aliphatic heterocycles. The van der Waals surface area contributed by atoms with Gasteiger partial charge in [-0.15, -0.1) is 11.3 Å². The molecule has 2 heterocycles. The number of aryl methyl sites for hydroxylation is 2. The molecule has 1 atom stereocenters. The number of nitrogens with zero attached hydrogens (tertiary/aromatic N) is 2. The van der Waals surface area contributed by atoms with E-state index in [1.54, 1.807) is 0 Å². The Morgan fingerprint density at radius 3 is 2.72 bits per heavy atom. The molecule has 0 aromatic carbocycles. The SMILES string of the molecule is CCNC(c1cnn(CC)c1)c1ccc(CC)s1. The fourth-order valence-corrected chi connectivity index (χ4v) is 3.08. The van der Waals surface area contributed by atoms with E-state index in [9.17, 15) is 0 Å². The predicted molar refractivity (Wildman–Crippen MR) is 77.1 cm³/mol. The Hall–Kier alpha value is -1.13. The second-order valence-electron chi connectivity index (χ2n) is 4.28. The van der Waals surface area contributed by atoms with Crippen molar-refractivity contribution in [3.8, 4) is 0 Å². The van der Waals surface area contributed by atoms with Gasteiger partial charge < -0.3 is 5.32 Å². The van der Waals surface area contributed by atoms with Gasteiger partial charge in [-0.25, -0.2) is 0 Å². The number of hydrogen-bond acceptors (Lipinski definition) is 3. The zero-order valence-corrected chi connectivity index (χ0v) is 12.1. The second kappa shape index (κ2) is 6.16. The van der Waals surface area contributed by atoms with E-state index in [0.717, 1.165) is 19.5 Å². The molecule has 4 heteroatoms. The summed E-state index contributed by atoms with van der Waals surface area (Å²) >= 11 is 1.89. The fourth-order valence-electron chi connectivity index (χ4n) is 2.03. The van der Waals surface area contributed by atoms with Gasteiger partial charge in [0.1, 0.15) is 0 Å². The van der Waals surface area contributed by atoms with E-state index in [1.807, 2.05) is 22.2 Å². The first-order chi connectivity index (χ1) is 8.78. The molecule has 1 unspecified atom stereocenters. The average Bonchev–Trinajstić information content (AvgIpc) is 3.04. The van der Waals surface area contributed by atoms with Gasteiger partial charge in [-0.1, -0.05) is 13.8 Å². The first kappa shape index (κ1) is 13.3. The van der Waals surface area contributed by atoms with Crippen LogP contribution in [0.2, 0.25) is 0 Å². The van der Waals surface area contributed by atoms with Crippen LogP contribution in [0.25, 0.3) is 0 Å². The van der Waals surface area contributed by atoms with Gasteiger partial charge in [0.15, 0.2) is 0 Å². The molecule has 18 heavy (non-hydrogen) atoms. The van der Waals surface area contributed by atoms with Crippen LogP contribution in [0.4, 0.5) is 0 Å². The maximum Gasteiger partial charge on any atom is 0.0702 e. The first-order valence-electron chi connectivity index (χ1n) is 6.62. The van der Waals surface area contributed by atoms with Gasteiger partial charge in [0.05, 0.1) is 12.2 Å². The Bertz CT molecular complexity index is 444. The fraction of sp³-hybridized carbons (Fsp3) is 0.500. The normalized spacial score (nSPS) is 12.8. The Labute approximate surface area is 113 Å². The molecule has 3 nitrogen and oxygen atoms in total. The van der Waals surface area contributed by atoms with Crippen molar-refractivity contribution in [3.63, 3.8) is 0 Å². The molecule has 0 aliphatic carbocycles. The maximum absolute atomic E-state index is 4.37. The van der Waals surface area contributed by atoms with Crippen LogP contribution in [0.3, 0.4) is 0 Å². The topological polar surface area (TPSA) is 29.9 Å². The predicted octanol–water partition coefficient (Wildman–Crippen LogP) is 3.23. The molecule has 0 saturated heterocycles. The van der Waals surface area contributed by atoms with Gasteiger partial charge >= 0.3 is 0 Å². The van der Waals surface area contributed by atoms with Crippen LogP contribution in [0.5, 0.6) is 0 Å². The van der Waals surface area contributed by atoms with Crippen molar-refractivity contribution in [1.29, 1.82) is 0 Å². The van der Waals surface area contributed by atoms with E-state index in [4.69, 9.17) is 0 Å². The number of aromatic nitrogens is 2. The lowest BCUT2D eigenvalue weighted by atomic mass is 10.1. The van der Waals surface area contributed by atoms with E-state index in [1.165, 1.54) is 15.3 Å². The molecule has 0 aliphatic rings. The van der Waals surface area contributed by atoms with Gasteiger partial charge in [-0.05, 0) is 32.0 Å². The summed E-state index contributed by atoms with van der Waals surface area (Å²) in [6.07, 6.45) is 5.22. The Balaban J connectivity index is 2.26. The first-order valence-corrected chi connectivity index (χ1v) is 7.44. The largest absolute Gasteiger partial charge is 0.306 e. The van der Waals surface area contributed by atoms with E-state index in [0.29, 0.717) is 0 Å². The molecular formula is C14H21N3S. The zero-order chi connectivity index (χ0) is 13.0. The van der Waals surface area contributed by atoms with Crippen LogP contribution in [0.15, 0.2) is 24.5 Å². The molecule has 0 radical (unpaired) electrons. The summed E-state index contributed by atoms with van der Waals surface area (Å²) in [7, 11) is 0. The Morgan fingerprint density at radius 1 is 1.33 bits per heavy atom. The molecule has 2 aromatic rings. The molecule has 2 rings (SSSR count). The number of rotatable bonds is 6. The summed E-state index contributed by atoms with van der Waals surface area (Å²) in [4.78, 5) is 2.82. The highest BCUT2D eigenvalue weighted by Crippen LogP contribution is 2.28. The standard InChI is InChI=1S/C14H21N3S/c1-4-12-7-8-13(18-12)14(15-5-2)11-9-16-17(6-3)10-11/h7-10,14-15H,4-6H2,1-3H3. The van der Waals surface area contributed by atoms with Gasteiger partial charge in [0.25, 0.3) is 0 Å². The number of hydrogen-bond donors (Lipinski definition) is 1. The number of thiophene rings is 1. The monoisotopic (exact) mass is 263 g/mol. The maximum atomic E-state index is 4.37. The van der Waals surface area contributed by atoms with Crippen molar-refractivity contribution >= 4 is 11.3 Å². The minimum Gasteiger partial charge on any atom is -0.306 e. The third-order valence-electron chi connectivity index (χ3n) is 3.03. The van der Waals surface area contributed by atoms with Crippen molar-refractivity contribution in [2.75, 3.05) is 6.54 Å². The minimum atomic E-state index is 0.278. The quantitative estimate of drug-likeness (QED) is 0.867. The number of nitrogens with one attached hydrogen (secondary N) is 1. The van der Waals surface area contributed by atoms with E-state index in [2.05, 4.69) is 49.5 Å². The molecule has 0 saturated carbocycles. The van der Waals surface area contributed by atoms with Crippen molar-refractivity contribution in [2.24, 2.45) is 0 Å². The van der Waals surface area contributed by atoms with Crippen molar-refractivity contribution in [3.05, 3.63) is 39.8 Å². The molecule has 1 N–H and O–H groups in total. The highest BCUT2D eigenvalue weighted by Gasteiger charge is 2.16. The molecule has 98 valence electrons. The van der Waals surface area contributed by atoms with Crippen molar-refractivity contribution in [1.82, 2.24) is 15.1 Å². The van der Waals surface area contributed by atoms with Gasteiger partial charge in [0, 0.05) is 28.1 Å². The Kier molecular flexibility index (Phi) is 4.55. The van der Waals surface area contributed by atoms with Crippen LogP contribution in [-0.4, -0.2) is 16.3 Å². The van der Waals surface area contributed by atoms with Crippen LogP contribution >= 0.6 is 11.3 Å². The summed E-state index contributed by atoms with van der Waals surface area (Å²) in [6.45, 7) is 8.34. The Morgan fingerprint density at radius 2 is 2.17 bits per heavy atom. The van der Waals surface area contributed by atoms with Gasteiger partial charge in [0.2, 0.25) is 0 Å². The highest BCUT2D eigenvalue weighted by atomic mass is 32.1.